The van der Waals surface area contributed by atoms with E-state index in [9.17, 15) is 9.59 Å². The molecule has 7 nitrogen and oxygen atoms in total. The maximum atomic E-state index is 12.2. The predicted molar refractivity (Wildman–Crippen MR) is 80.3 cm³/mol. The number of carboxylic acids is 1. The molecule has 0 unspecified atom stereocenters. The van der Waals surface area contributed by atoms with E-state index < -0.39 is 5.97 Å². The van der Waals surface area contributed by atoms with E-state index in [1.807, 2.05) is 13.8 Å². The van der Waals surface area contributed by atoms with E-state index >= 15 is 0 Å². The SMILES string of the molecule is CC(C)Oc1ccc(C(=O)O)cc1NC(=O)c1cnn(C)c1. The van der Waals surface area contributed by atoms with Gasteiger partial charge in [0, 0.05) is 13.2 Å². The van der Waals surface area contributed by atoms with Crippen LogP contribution in [0, 0.1) is 0 Å². The predicted octanol–water partition coefficient (Wildman–Crippen LogP) is 2.16. The minimum absolute atomic E-state index is 0.0672. The van der Waals surface area contributed by atoms with Crippen LogP contribution in [-0.2, 0) is 7.05 Å². The number of nitrogens with one attached hydrogen (secondary N) is 1. The van der Waals surface area contributed by atoms with E-state index in [1.165, 1.54) is 29.1 Å². The van der Waals surface area contributed by atoms with Gasteiger partial charge in [0.15, 0.2) is 0 Å². The third-order valence-corrected chi connectivity index (χ3v) is 2.80. The molecule has 1 aromatic carbocycles. The minimum Gasteiger partial charge on any atom is -0.489 e. The first-order chi connectivity index (χ1) is 10.4. The molecule has 2 rings (SSSR count). The highest BCUT2D eigenvalue weighted by atomic mass is 16.5. The van der Waals surface area contributed by atoms with E-state index in [0.29, 0.717) is 17.0 Å². The lowest BCUT2D eigenvalue weighted by Gasteiger charge is -2.15. The molecule has 0 fully saturated rings. The van der Waals surface area contributed by atoms with Crippen molar-refractivity contribution in [1.29, 1.82) is 0 Å². The fourth-order valence-electron chi connectivity index (χ4n) is 1.85. The highest BCUT2D eigenvalue weighted by molar-refractivity contribution is 6.05. The molecule has 0 atom stereocenters. The first-order valence-electron chi connectivity index (χ1n) is 6.71. The van der Waals surface area contributed by atoms with Crippen LogP contribution in [0.5, 0.6) is 5.75 Å². The van der Waals surface area contributed by atoms with Crippen LogP contribution in [0.2, 0.25) is 0 Å². The van der Waals surface area contributed by atoms with Crippen molar-refractivity contribution < 1.29 is 19.4 Å². The van der Waals surface area contributed by atoms with Crippen molar-refractivity contribution in [3.8, 4) is 5.75 Å². The third kappa shape index (κ3) is 3.63. The number of hydrogen-bond donors (Lipinski definition) is 2. The van der Waals surface area contributed by atoms with Crippen LogP contribution in [0.25, 0.3) is 0 Å². The molecule has 0 aliphatic carbocycles. The molecule has 1 amide bonds. The first kappa shape index (κ1) is 15.6. The molecule has 0 bridgehead atoms. The van der Waals surface area contributed by atoms with E-state index in [0.717, 1.165) is 0 Å². The molecule has 0 spiro atoms. The monoisotopic (exact) mass is 303 g/mol. The maximum Gasteiger partial charge on any atom is 0.335 e. The topological polar surface area (TPSA) is 93.4 Å². The Kier molecular flexibility index (Phi) is 4.45. The number of aromatic carboxylic acids is 1. The van der Waals surface area contributed by atoms with Gasteiger partial charge in [-0.3, -0.25) is 9.48 Å². The summed E-state index contributed by atoms with van der Waals surface area (Å²) in [5.74, 6) is -1.05. The zero-order valence-electron chi connectivity index (χ0n) is 12.5. The van der Waals surface area contributed by atoms with Crippen LogP contribution < -0.4 is 10.1 Å². The normalized spacial score (nSPS) is 10.5. The summed E-state index contributed by atoms with van der Waals surface area (Å²) in [5, 5.41) is 15.7. The molecule has 0 radical (unpaired) electrons. The summed E-state index contributed by atoms with van der Waals surface area (Å²) in [6.07, 6.45) is 2.89. The van der Waals surface area contributed by atoms with Crippen LogP contribution >= 0.6 is 0 Å². The number of anilines is 1. The van der Waals surface area contributed by atoms with Crippen LogP contribution in [0.15, 0.2) is 30.6 Å². The van der Waals surface area contributed by atoms with Crippen molar-refractivity contribution >= 4 is 17.6 Å². The van der Waals surface area contributed by atoms with Gasteiger partial charge in [-0.15, -0.1) is 0 Å². The highest BCUT2D eigenvalue weighted by Gasteiger charge is 2.15. The minimum atomic E-state index is -1.08. The van der Waals surface area contributed by atoms with Gasteiger partial charge in [0.25, 0.3) is 5.91 Å². The van der Waals surface area contributed by atoms with Crippen LogP contribution in [0.3, 0.4) is 0 Å². The Bertz CT molecular complexity index is 707. The van der Waals surface area contributed by atoms with Crippen LogP contribution in [-0.4, -0.2) is 32.9 Å². The van der Waals surface area contributed by atoms with E-state index in [-0.39, 0.29) is 17.6 Å². The molecule has 7 heteroatoms. The van der Waals surface area contributed by atoms with Gasteiger partial charge in [0.2, 0.25) is 0 Å². The molecule has 116 valence electrons. The lowest BCUT2D eigenvalue weighted by atomic mass is 10.1. The number of carbonyl (C=O) groups excluding carboxylic acids is 1. The lowest BCUT2D eigenvalue weighted by Crippen LogP contribution is -2.15. The van der Waals surface area contributed by atoms with Gasteiger partial charge in [-0.25, -0.2) is 4.79 Å². The number of hydrogen-bond acceptors (Lipinski definition) is 4. The molecule has 1 aromatic heterocycles. The molecular weight excluding hydrogens is 286 g/mol. The summed E-state index contributed by atoms with van der Waals surface area (Å²) in [6, 6.07) is 4.33. The molecule has 0 aliphatic rings. The summed E-state index contributed by atoms with van der Waals surface area (Å²) in [7, 11) is 1.70. The number of aryl methyl sites for hydroxylation is 1. The summed E-state index contributed by atoms with van der Waals surface area (Å²) in [4.78, 5) is 23.3. The van der Waals surface area contributed by atoms with Crippen molar-refractivity contribution in [2.24, 2.45) is 7.05 Å². The Labute approximate surface area is 127 Å². The molecule has 2 aromatic rings. The number of carboxylic acid groups (broad SMARTS) is 1. The number of amides is 1. The number of benzene rings is 1. The second-order valence-electron chi connectivity index (χ2n) is 5.04. The second kappa shape index (κ2) is 6.30. The summed E-state index contributed by atoms with van der Waals surface area (Å²) < 4.78 is 7.10. The van der Waals surface area contributed by atoms with Gasteiger partial charge in [-0.1, -0.05) is 0 Å². The number of carbonyl (C=O) groups is 2. The van der Waals surface area contributed by atoms with Crippen molar-refractivity contribution in [1.82, 2.24) is 9.78 Å². The smallest absolute Gasteiger partial charge is 0.335 e. The second-order valence-corrected chi connectivity index (χ2v) is 5.04. The van der Waals surface area contributed by atoms with E-state index in [4.69, 9.17) is 9.84 Å². The van der Waals surface area contributed by atoms with E-state index in [2.05, 4.69) is 10.4 Å². The van der Waals surface area contributed by atoms with Gasteiger partial charge in [0.05, 0.1) is 29.1 Å². The first-order valence-corrected chi connectivity index (χ1v) is 6.71. The molecule has 22 heavy (non-hydrogen) atoms. The molecule has 0 saturated carbocycles. The van der Waals surface area contributed by atoms with Gasteiger partial charge in [-0.05, 0) is 32.0 Å². The largest absolute Gasteiger partial charge is 0.489 e. The van der Waals surface area contributed by atoms with Crippen molar-refractivity contribution in [2.75, 3.05) is 5.32 Å². The zero-order chi connectivity index (χ0) is 16.3. The molecule has 1 heterocycles. The van der Waals surface area contributed by atoms with Gasteiger partial charge >= 0.3 is 5.97 Å². The highest BCUT2D eigenvalue weighted by Crippen LogP contribution is 2.27. The fraction of sp³-hybridized carbons (Fsp3) is 0.267. The number of ether oxygens (including phenoxy) is 1. The Morgan fingerprint density at radius 3 is 2.59 bits per heavy atom. The molecule has 0 saturated heterocycles. The summed E-state index contributed by atoms with van der Waals surface area (Å²) >= 11 is 0. The van der Waals surface area contributed by atoms with Crippen LogP contribution in [0.4, 0.5) is 5.69 Å². The zero-order valence-corrected chi connectivity index (χ0v) is 12.5. The van der Waals surface area contributed by atoms with Crippen molar-refractivity contribution in [3.63, 3.8) is 0 Å². The van der Waals surface area contributed by atoms with Gasteiger partial charge in [0.1, 0.15) is 5.75 Å². The standard InChI is InChI=1S/C15H17N3O4/c1-9(2)22-13-5-4-10(15(20)21)6-12(13)17-14(19)11-7-16-18(3)8-11/h4-9H,1-3H3,(H,17,19)(H,20,21). The Hall–Kier alpha value is -2.83. The molecule has 0 aliphatic heterocycles. The van der Waals surface area contributed by atoms with Crippen molar-refractivity contribution in [3.05, 3.63) is 41.7 Å². The van der Waals surface area contributed by atoms with Crippen molar-refractivity contribution in [2.45, 2.75) is 20.0 Å². The Morgan fingerprint density at radius 2 is 2.05 bits per heavy atom. The fourth-order valence-corrected chi connectivity index (χ4v) is 1.85. The van der Waals surface area contributed by atoms with E-state index in [1.54, 1.807) is 13.2 Å². The van der Waals surface area contributed by atoms with Gasteiger partial charge in [-0.2, -0.15) is 5.10 Å². The average Bonchev–Trinajstić information content (AvgIpc) is 2.86. The summed E-state index contributed by atoms with van der Waals surface area (Å²) in [6.45, 7) is 3.69. The Balaban J connectivity index is 2.31. The number of nitrogens with zero attached hydrogens (tertiary/aromatic N) is 2. The molecule has 2 N–H and O–H groups in total. The van der Waals surface area contributed by atoms with Gasteiger partial charge < -0.3 is 15.2 Å². The molecular formula is C15H17N3O4. The number of aromatic nitrogens is 2. The quantitative estimate of drug-likeness (QED) is 0.882. The van der Waals surface area contributed by atoms with Crippen LogP contribution in [0.1, 0.15) is 34.6 Å². The maximum absolute atomic E-state index is 12.2. The summed E-state index contributed by atoms with van der Waals surface area (Å²) in [5.41, 5.74) is 0.749. The Morgan fingerprint density at radius 1 is 1.32 bits per heavy atom. The lowest BCUT2D eigenvalue weighted by molar-refractivity contribution is 0.0696. The third-order valence-electron chi connectivity index (χ3n) is 2.80. The average molecular weight is 303 g/mol. The number of rotatable bonds is 5.